The summed E-state index contributed by atoms with van der Waals surface area (Å²) >= 11 is 0. The van der Waals surface area contributed by atoms with Crippen LogP contribution in [0.15, 0.2) is 47.1 Å². The molecule has 176 valence electrons. The quantitative estimate of drug-likeness (QED) is 0.497. The van der Waals surface area contributed by atoms with Gasteiger partial charge >= 0.3 is 0 Å². The van der Waals surface area contributed by atoms with Gasteiger partial charge in [0.05, 0.1) is 38.4 Å². The van der Waals surface area contributed by atoms with E-state index in [0.717, 1.165) is 28.5 Å². The molecule has 3 aromatic rings. The third-order valence-electron chi connectivity index (χ3n) is 6.24. The van der Waals surface area contributed by atoms with Gasteiger partial charge in [-0.2, -0.15) is 0 Å². The molecule has 1 aliphatic rings. The van der Waals surface area contributed by atoms with E-state index in [-0.39, 0.29) is 36.4 Å². The molecule has 4 rings (SSSR count). The van der Waals surface area contributed by atoms with Crippen LogP contribution in [0, 0.1) is 0 Å². The van der Waals surface area contributed by atoms with Gasteiger partial charge in [-0.15, -0.1) is 0 Å². The minimum Gasteiger partial charge on any atom is -0.493 e. The molecular formula is C25H29NO6S. The van der Waals surface area contributed by atoms with E-state index >= 15 is 0 Å². The molecule has 0 spiro atoms. The van der Waals surface area contributed by atoms with Crippen LogP contribution in [0.2, 0.25) is 0 Å². The lowest BCUT2D eigenvalue weighted by atomic mass is 10.0. The van der Waals surface area contributed by atoms with Gasteiger partial charge in [-0.25, -0.2) is 8.42 Å². The first-order chi connectivity index (χ1) is 15.8. The third-order valence-corrected chi connectivity index (χ3v) is 7.99. The van der Waals surface area contributed by atoms with Crippen molar-refractivity contribution in [3.8, 4) is 11.5 Å². The molecule has 0 bridgehead atoms. The number of benzene rings is 2. The Bertz CT molecular complexity index is 1260. The first-order valence-corrected chi connectivity index (χ1v) is 12.9. The number of rotatable bonds is 8. The molecule has 1 aliphatic heterocycles. The van der Waals surface area contributed by atoms with Crippen molar-refractivity contribution in [2.24, 2.45) is 0 Å². The molecule has 2 heterocycles. The molecule has 0 radical (unpaired) electrons. The van der Waals surface area contributed by atoms with E-state index < -0.39 is 9.84 Å². The van der Waals surface area contributed by atoms with Crippen LogP contribution in [0.3, 0.4) is 0 Å². The number of sulfone groups is 1. The monoisotopic (exact) mass is 471 g/mol. The van der Waals surface area contributed by atoms with Crippen molar-refractivity contribution in [2.75, 3.05) is 25.7 Å². The van der Waals surface area contributed by atoms with Crippen molar-refractivity contribution in [3.63, 3.8) is 0 Å². The van der Waals surface area contributed by atoms with Crippen LogP contribution in [0.25, 0.3) is 11.0 Å². The Balaban J connectivity index is 1.63. The number of nitrogens with zero attached hydrogens (tertiary/aromatic N) is 1. The SMILES string of the molecule is CCc1ccc2occ(CC(=O)N(Cc3ccc(OC)c(OC)c3)C3CCS(=O)(=O)C3)c2c1. The van der Waals surface area contributed by atoms with Crippen LogP contribution in [0.5, 0.6) is 11.5 Å². The number of hydrogen-bond donors (Lipinski definition) is 0. The topological polar surface area (TPSA) is 86.1 Å². The molecule has 8 heteroatoms. The highest BCUT2D eigenvalue weighted by atomic mass is 32.2. The van der Waals surface area contributed by atoms with Crippen LogP contribution in [-0.2, 0) is 34.0 Å². The minimum absolute atomic E-state index is 0.0157. The predicted octanol–water partition coefficient (Wildman–Crippen LogP) is 3.77. The maximum absolute atomic E-state index is 13.5. The molecule has 33 heavy (non-hydrogen) atoms. The molecule has 1 fully saturated rings. The number of amides is 1. The summed E-state index contributed by atoms with van der Waals surface area (Å²) in [4.78, 5) is 15.2. The highest BCUT2D eigenvalue weighted by Gasteiger charge is 2.35. The Morgan fingerprint density at radius 1 is 1.09 bits per heavy atom. The number of hydrogen-bond acceptors (Lipinski definition) is 6. The average molecular weight is 472 g/mol. The van der Waals surface area contributed by atoms with Crippen molar-refractivity contribution in [2.45, 2.75) is 38.8 Å². The summed E-state index contributed by atoms with van der Waals surface area (Å²) < 4.78 is 40.7. The largest absolute Gasteiger partial charge is 0.493 e. The summed E-state index contributed by atoms with van der Waals surface area (Å²) in [7, 11) is -0.0290. The van der Waals surface area contributed by atoms with Gasteiger partial charge in [-0.1, -0.05) is 19.1 Å². The average Bonchev–Trinajstić information content (AvgIpc) is 3.38. The first kappa shape index (κ1) is 23.2. The van der Waals surface area contributed by atoms with Crippen LogP contribution >= 0.6 is 0 Å². The lowest BCUT2D eigenvalue weighted by Gasteiger charge is -2.29. The van der Waals surface area contributed by atoms with E-state index in [9.17, 15) is 13.2 Å². The second-order valence-electron chi connectivity index (χ2n) is 8.39. The summed E-state index contributed by atoms with van der Waals surface area (Å²) in [5, 5.41) is 0.924. The van der Waals surface area contributed by atoms with Crippen molar-refractivity contribution in [1.82, 2.24) is 4.90 Å². The maximum Gasteiger partial charge on any atom is 0.227 e. The van der Waals surface area contributed by atoms with E-state index in [0.29, 0.717) is 17.9 Å². The smallest absolute Gasteiger partial charge is 0.227 e. The highest BCUT2D eigenvalue weighted by Crippen LogP contribution is 2.30. The maximum atomic E-state index is 13.5. The lowest BCUT2D eigenvalue weighted by molar-refractivity contribution is -0.133. The second-order valence-corrected chi connectivity index (χ2v) is 10.6. The summed E-state index contributed by atoms with van der Waals surface area (Å²) in [5.41, 5.74) is 3.56. The van der Waals surface area contributed by atoms with Gasteiger partial charge in [0.2, 0.25) is 5.91 Å². The van der Waals surface area contributed by atoms with Gasteiger partial charge in [-0.3, -0.25) is 4.79 Å². The minimum atomic E-state index is -3.15. The van der Waals surface area contributed by atoms with Crippen LogP contribution in [0.1, 0.15) is 30.0 Å². The molecule has 2 aromatic carbocycles. The van der Waals surface area contributed by atoms with Crippen molar-refractivity contribution >= 4 is 26.7 Å². The Morgan fingerprint density at radius 3 is 2.52 bits per heavy atom. The zero-order valence-electron chi connectivity index (χ0n) is 19.2. The Morgan fingerprint density at radius 2 is 1.85 bits per heavy atom. The van der Waals surface area contributed by atoms with Crippen molar-refractivity contribution < 1.29 is 27.1 Å². The molecule has 1 aromatic heterocycles. The molecule has 0 saturated carbocycles. The lowest BCUT2D eigenvalue weighted by Crippen LogP contribution is -2.41. The fourth-order valence-corrected chi connectivity index (χ4v) is 6.10. The van der Waals surface area contributed by atoms with Gasteiger partial charge in [0.15, 0.2) is 21.3 Å². The number of furan rings is 1. The summed E-state index contributed by atoms with van der Waals surface area (Å²) in [6.07, 6.45) is 3.10. The van der Waals surface area contributed by atoms with Gasteiger partial charge in [0, 0.05) is 23.5 Å². The predicted molar refractivity (Wildman–Crippen MR) is 126 cm³/mol. The van der Waals surface area contributed by atoms with E-state index in [1.165, 1.54) is 5.56 Å². The second kappa shape index (κ2) is 9.47. The fourth-order valence-electron chi connectivity index (χ4n) is 4.37. The Kier molecular flexibility index (Phi) is 6.65. The van der Waals surface area contributed by atoms with Gasteiger partial charge in [0.1, 0.15) is 5.58 Å². The van der Waals surface area contributed by atoms with Gasteiger partial charge < -0.3 is 18.8 Å². The van der Waals surface area contributed by atoms with Crippen molar-refractivity contribution in [1.29, 1.82) is 0 Å². The first-order valence-electron chi connectivity index (χ1n) is 11.0. The summed E-state index contributed by atoms with van der Waals surface area (Å²) in [5.74, 6) is 1.12. The summed E-state index contributed by atoms with van der Waals surface area (Å²) in [6.45, 7) is 2.37. The number of fused-ring (bicyclic) bond motifs is 1. The molecule has 1 unspecified atom stereocenters. The number of ether oxygens (including phenoxy) is 2. The molecular weight excluding hydrogens is 442 g/mol. The molecule has 1 amide bonds. The van der Waals surface area contributed by atoms with E-state index in [1.807, 2.05) is 24.3 Å². The van der Waals surface area contributed by atoms with Crippen LogP contribution in [-0.4, -0.2) is 51.0 Å². The van der Waals surface area contributed by atoms with Crippen LogP contribution < -0.4 is 9.47 Å². The Labute approximate surface area is 194 Å². The fraction of sp³-hybridized carbons (Fsp3) is 0.400. The zero-order valence-corrected chi connectivity index (χ0v) is 20.0. The van der Waals surface area contributed by atoms with E-state index in [2.05, 4.69) is 13.0 Å². The molecule has 1 saturated heterocycles. The zero-order chi connectivity index (χ0) is 23.6. The number of carbonyl (C=O) groups is 1. The number of carbonyl (C=O) groups excluding carboxylic acids is 1. The molecule has 0 aliphatic carbocycles. The molecule has 1 atom stereocenters. The molecule has 0 N–H and O–H groups in total. The van der Waals surface area contributed by atoms with Gasteiger partial charge in [-0.05, 0) is 48.2 Å². The number of methoxy groups -OCH3 is 2. The van der Waals surface area contributed by atoms with Crippen molar-refractivity contribution in [3.05, 3.63) is 59.4 Å². The normalized spacial score (nSPS) is 17.2. The third kappa shape index (κ3) is 5.00. The van der Waals surface area contributed by atoms with E-state index in [4.69, 9.17) is 13.9 Å². The summed E-state index contributed by atoms with van der Waals surface area (Å²) in [6, 6.07) is 11.1. The standard InChI is InChI=1S/C25H29NO6S/c1-4-17-5-7-22-21(11-17)19(15-32-22)13-25(27)26(20-9-10-33(28,29)16-20)14-18-6-8-23(30-2)24(12-18)31-3/h5-8,11-12,15,20H,4,9-10,13-14,16H2,1-3H3. The van der Waals surface area contributed by atoms with Crippen LogP contribution in [0.4, 0.5) is 0 Å². The number of aryl methyl sites for hydroxylation is 1. The van der Waals surface area contributed by atoms with Gasteiger partial charge in [0.25, 0.3) is 0 Å². The molecule has 7 nitrogen and oxygen atoms in total. The Hall–Kier alpha value is -3.00. The highest BCUT2D eigenvalue weighted by molar-refractivity contribution is 7.91. The van der Waals surface area contributed by atoms with E-state index in [1.54, 1.807) is 31.4 Å².